The number of carbonyl (C=O) groups excluding carboxylic acids is 1. The first-order valence-electron chi connectivity index (χ1n) is 6.22. The average molecular weight is 277 g/mol. The lowest BCUT2D eigenvalue weighted by molar-refractivity contribution is 0.0662. The average Bonchev–Trinajstić information content (AvgIpc) is 3.06. The molecule has 94 valence electrons. The second-order valence-corrected chi connectivity index (χ2v) is 6.40. The number of fused-ring (bicyclic) bond motifs is 1. The molecule has 0 fully saturated rings. The first-order valence-corrected chi connectivity index (χ1v) is 7.98. The van der Waals surface area contributed by atoms with E-state index in [1.165, 1.54) is 21.8 Å². The van der Waals surface area contributed by atoms with E-state index in [1.54, 1.807) is 0 Å². The van der Waals surface area contributed by atoms with Crippen molar-refractivity contribution in [3.63, 3.8) is 0 Å². The predicted octanol–water partition coefficient (Wildman–Crippen LogP) is 3.96. The van der Waals surface area contributed by atoms with Crippen LogP contribution in [0, 0.1) is 0 Å². The third-order valence-electron chi connectivity index (χ3n) is 3.47. The van der Waals surface area contributed by atoms with Crippen LogP contribution in [0.15, 0.2) is 29.0 Å². The summed E-state index contributed by atoms with van der Waals surface area (Å²) in [6, 6.07) is 6.30. The molecule has 1 atom stereocenters. The Balaban J connectivity index is 1.92. The molecule has 0 bridgehead atoms. The van der Waals surface area contributed by atoms with Crippen molar-refractivity contribution in [1.82, 2.24) is 4.90 Å². The quantitative estimate of drug-likeness (QED) is 0.813. The van der Waals surface area contributed by atoms with Gasteiger partial charge in [-0.05, 0) is 41.3 Å². The maximum Gasteiger partial charge on any atom is 0.264 e. The number of nitrogens with zero attached hydrogens (tertiary/aromatic N) is 1. The molecule has 0 radical (unpaired) electrons. The number of thiophene rings is 2. The fourth-order valence-electron chi connectivity index (χ4n) is 2.62. The highest BCUT2D eigenvalue weighted by Gasteiger charge is 2.31. The Hall–Kier alpha value is -1.13. The summed E-state index contributed by atoms with van der Waals surface area (Å²) < 4.78 is 0. The van der Waals surface area contributed by atoms with Crippen LogP contribution >= 0.6 is 22.7 Å². The maximum atomic E-state index is 12.5. The van der Waals surface area contributed by atoms with Crippen molar-refractivity contribution in [3.05, 3.63) is 44.3 Å². The fraction of sp³-hybridized carbons (Fsp3) is 0.357. The molecule has 0 unspecified atom stereocenters. The molecule has 0 N–H and O–H groups in total. The standard InChI is InChI=1S/C14H15NOS2/c1-2-11-10-6-9-18-12(10)5-7-15(11)14(16)13-4-3-8-17-13/h3-4,6,8-9,11H,2,5,7H2,1H3/t11-/m1/s1. The fourth-order valence-corrected chi connectivity index (χ4v) is 4.23. The monoisotopic (exact) mass is 277 g/mol. The van der Waals surface area contributed by atoms with Gasteiger partial charge in [0, 0.05) is 11.4 Å². The number of hydrogen-bond donors (Lipinski definition) is 0. The summed E-state index contributed by atoms with van der Waals surface area (Å²) in [5.74, 6) is 0.189. The van der Waals surface area contributed by atoms with Gasteiger partial charge in [0.15, 0.2) is 0 Å². The highest BCUT2D eigenvalue weighted by molar-refractivity contribution is 7.12. The van der Waals surface area contributed by atoms with E-state index in [4.69, 9.17) is 0 Å². The Kier molecular flexibility index (Phi) is 3.22. The number of carbonyl (C=O) groups is 1. The summed E-state index contributed by atoms with van der Waals surface area (Å²) in [5.41, 5.74) is 1.36. The predicted molar refractivity (Wildman–Crippen MR) is 76.4 cm³/mol. The molecule has 0 spiro atoms. The third kappa shape index (κ3) is 1.89. The zero-order chi connectivity index (χ0) is 12.5. The first-order chi connectivity index (χ1) is 8.81. The zero-order valence-electron chi connectivity index (χ0n) is 10.3. The van der Waals surface area contributed by atoms with Gasteiger partial charge >= 0.3 is 0 Å². The molecule has 3 heterocycles. The van der Waals surface area contributed by atoms with Crippen LogP contribution in [0.1, 0.15) is 39.5 Å². The second kappa shape index (κ2) is 4.86. The minimum atomic E-state index is 0.189. The largest absolute Gasteiger partial charge is 0.331 e. The lowest BCUT2D eigenvalue weighted by atomic mass is 9.97. The van der Waals surface area contributed by atoms with E-state index in [0.29, 0.717) is 0 Å². The van der Waals surface area contributed by atoms with Crippen LogP contribution in [-0.2, 0) is 6.42 Å². The first kappa shape index (κ1) is 11.9. The van der Waals surface area contributed by atoms with Crippen molar-refractivity contribution >= 4 is 28.6 Å². The Bertz CT molecular complexity index is 544. The number of hydrogen-bond acceptors (Lipinski definition) is 3. The molecule has 2 nitrogen and oxygen atoms in total. The normalized spacial score (nSPS) is 18.7. The van der Waals surface area contributed by atoms with Gasteiger partial charge in [-0.15, -0.1) is 22.7 Å². The van der Waals surface area contributed by atoms with Gasteiger partial charge in [0.05, 0.1) is 10.9 Å². The molecule has 0 aromatic carbocycles. The molecule has 0 aliphatic carbocycles. The van der Waals surface area contributed by atoms with Crippen molar-refractivity contribution < 1.29 is 4.79 Å². The third-order valence-corrected chi connectivity index (χ3v) is 5.33. The summed E-state index contributed by atoms with van der Waals surface area (Å²) >= 11 is 3.35. The second-order valence-electron chi connectivity index (χ2n) is 4.45. The van der Waals surface area contributed by atoms with Gasteiger partial charge in [-0.1, -0.05) is 13.0 Å². The molecule has 1 aliphatic heterocycles. The summed E-state index contributed by atoms with van der Waals surface area (Å²) in [5, 5.41) is 4.11. The van der Waals surface area contributed by atoms with Crippen LogP contribution in [0.4, 0.5) is 0 Å². The molecule has 0 saturated carbocycles. The zero-order valence-corrected chi connectivity index (χ0v) is 11.9. The molecule has 4 heteroatoms. The summed E-state index contributed by atoms with van der Waals surface area (Å²) in [4.78, 5) is 16.9. The highest BCUT2D eigenvalue weighted by atomic mass is 32.1. The van der Waals surface area contributed by atoms with E-state index in [-0.39, 0.29) is 11.9 Å². The topological polar surface area (TPSA) is 20.3 Å². The van der Waals surface area contributed by atoms with Gasteiger partial charge in [0.1, 0.15) is 0 Å². The minimum Gasteiger partial charge on any atom is -0.331 e. The molecule has 1 aliphatic rings. The molecule has 0 saturated heterocycles. The van der Waals surface area contributed by atoms with Crippen LogP contribution < -0.4 is 0 Å². The van der Waals surface area contributed by atoms with Crippen molar-refractivity contribution in [2.75, 3.05) is 6.54 Å². The van der Waals surface area contributed by atoms with Crippen LogP contribution in [0.5, 0.6) is 0 Å². The minimum absolute atomic E-state index is 0.189. The highest BCUT2D eigenvalue weighted by Crippen LogP contribution is 2.36. The van der Waals surface area contributed by atoms with E-state index in [1.807, 2.05) is 33.7 Å². The van der Waals surface area contributed by atoms with Gasteiger partial charge in [-0.25, -0.2) is 0 Å². The number of amides is 1. The molecule has 18 heavy (non-hydrogen) atoms. The van der Waals surface area contributed by atoms with E-state index in [2.05, 4.69) is 18.4 Å². The Morgan fingerprint density at radius 1 is 1.39 bits per heavy atom. The Morgan fingerprint density at radius 3 is 3.00 bits per heavy atom. The Morgan fingerprint density at radius 2 is 2.28 bits per heavy atom. The van der Waals surface area contributed by atoms with Crippen LogP contribution in [-0.4, -0.2) is 17.4 Å². The van der Waals surface area contributed by atoms with Gasteiger partial charge in [-0.2, -0.15) is 0 Å². The van der Waals surface area contributed by atoms with E-state index < -0.39 is 0 Å². The Labute approximate surface area is 115 Å². The molecular formula is C14H15NOS2. The van der Waals surface area contributed by atoms with Gasteiger partial charge < -0.3 is 4.90 Å². The van der Waals surface area contributed by atoms with E-state index in [0.717, 1.165) is 24.3 Å². The van der Waals surface area contributed by atoms with Crippen molar-refractivity contribution in [2.24, 2.45) is 0 Å². The molecule has 1 amide bonds. The summed E-state index contributed by atoms with van der Waals surface area (Å²) in [6.07, 6.45) is 1.99. The maximum absolute atomic E-state index is 12.5. The van der Waals surface area contributed by atoms with Crippen molar-refractivity contribution in [1.29, 1.82) is 0 Å². The smallest absolute Gasteiger partial charge is 0.264 e. The van der Waals surface area contributed by atoms with Crippen molar-refractivity contribution in [2.45, 2.75) is 25.8 Å². The lowest BCUT2D eigenvalue weighted by Crippen LogP contribution is -2.38. The van der Waals surface area contributed by atoms with Gasteiger partial charge in [0.2, 0.25) is 0 Å². The van der Waals surface area contributed by atoms with Gasteiger partial charge in [0.25, 0.3) is 5.91 Å². The number of rotatable bonds is 2. The van der Waals surface area contributed by atoms with Crippen LogP contribution in [0.2, 0.25) is 0 Å². The summed E-state index contributed by atoms with van der Waals surface area (Å²) in [7, 11) is 0. The van der Waals surface area contributed by atoms with E-state index >= 15 is 0 Å². The van der Waals surface area contributed by atoms with Crippen LogP contribution in [0.3, 0.4) is 0 Å². The molecular weight excluding hydrogens is 262 g/mol. The molecule has 3 rings (SSSR count). The van der Waals surface area contributed by atoms with E-state index in [9.17, 15) is 4.79 Å². The molecule has 2 aromatic heterocycles. The van der Waals surface area contributed by atoms with Crippen LogP contribution in [0.25, 0.3) is 0 Å². The van der Waals surface area contributed by atoms with Gasteiger partial charge in [-0.3, -0.25) is 4.79 Å². The summed E-state index contributed by atoms with van der Waals surface area (Å²) in [6.45, 7) is 3.01. The lowest BCUT2D eigenvalue weighted by Gasteiger charge is -2.35. The SMILES string of the molecule is CC[C@@H]1c2ccsc2CCN1C(=O)c1cccs1. The molecule has 2 aromatic rings. The van der Waals surface area contributed by atoms with Crippen molar-refractivity contribution in [3.8, 4) is 0 Å².